The molecule has 0 spiro atoms. The van der Waals surface area contributed by atoms with Crippen LogP contribution < -0.4 is 5.32 Å². The molecule has 0 fully saturated rings. The molecule has 0 saturated heterocycles. The van der Waals surface area contributed by atoms with Gasteiger partial charge in [-0.3, -0.25) is 0 Å². The van der Waals surface area contributed by atoms with Gasteiger partial charge in [-0.05, 0) is 45.6 Å². The number of carboxylic acids is 1. The zero-order valence-electron chi connectivity index (χ0n) is 9.96. The van der Waals surface area contributed by atoms with Crippen molar-refractivity contribution in [3.8, 4) is 0 Å². The first kappa shape index (κ1) is 13.0. The van der Waals surface area contributed by atoms with Crippen LogP contribution in [-0.4, -0.2) is 24.2 Å². The average Bonchev–Trinajstić information content (AvgIpc) is 2.25. The molecule has 16 heavy (non-hydrogen) atoms. The largest absolute Gasteiger partial charge is 0.478 e. The van der Waals surface area contributed by atoms with Crippen molar-refractivity contribution in [3.05, 3.63) is 23.3 Å². The van der Waals surface area contributed by atoms with Crippen LogP contribution in [0.1, 0.15) is 39.0 Å². The lowest BCUT2D eigenvalue weighted by Gasteiger charge is -2.12. The van der Waals surface area contributed by atoms with Gasteiger partial charge in [-0.2, -0.15) is 0 Å². The summed E-state index contributed by atoms with van der Waals surface area (Å²) in [5.74, 6) is -0.866. The van der Waals surface area contributed by atoms with E-state index >= 15 is 0 Å². The van der Waals surface area contributed by atoms with Gasteiger partial charge in [0.25, 0.3) is 0 Å². The van der Waals surface area contributed by atoms with Crippen LogP contribution in [-0.2, 0) is 4.79 Å². The first-order valence-electron chi connectivity index (χ1n) is 5.97. The first-order chi connectivity index (χ1) is 7.68. The number of carbonyl (C=O) groups is 1. The fraction of sp³-hybridized carbons (Fsp3) is 0.615. The summed E-state index contributed by atoms with van der Waals surface area (Å²) in [5, 5.41) is 11.8. The average molecular weight is 223 g/mol. The Morgan fingerprint density at radius 2 is 2.38 bits per heavy atom. The van der Waals surface area contributed by atoms with Crippen LogP contribution in [0.25, 0.3) is 0 Å². The Kier molecular flexibility index (Phi) is 5.86. The van der Waals surface area contributed by atoms with Gasteiger partial charge in [0.05, 0.1) is 0 Å². The van der Waals surface area contributed by atoms with Gasteiger partial charge < -0.3 is 10.4 Å². The third-order valence-electron chi connectivity index (χ3n) is 2.78. The molecule has 1 aliphatic carbocycles. The number of allylic oxidation sites excluding steroid dienone is 1. The normalized spacial score (nSPS) is 17.1. The molecule has 0 heterocycles. The molecule has 0 atom stereocenters. The Bertz CT molecular complexity index is 288. The summed E-state index contributed by atoms with van der Waals surface area (Å²) in [7, 11) is 0. The van der Waals surface area contributed by atoms with E-state index in [0.717, 1.165) is 18.5 Å². The van der Waals surface area contributed by atoms with Gasteiger partial charge in [-0.15, -0.1) is 0 Å². The molecular formula is C13H21NO2. The van der Waals surface area contributed by atoms with Crippen LogP contribution >= 0.6 is 0 Å². The van der Waals surface area contributed by atoms with Gasteiger partial charge in [-0.1, -0.05) is 17.2 Å². The predicted molar refractivity (Wildman–Crippen MR) is 65.4 cm³/mol. The highest BCUT2D eigenvalue weighted by Crippen LogP contribution is 2.19. The maximum Gasteiger partial charge on any atom is 0.328 e. The molecule has 0 radical (unpaired) electrons. The van der Waals surface area contributed by atoms with E-state index in [9.17, 15) is 4.79 Å². The SMILES string of the molecule is CC(=CC(=O)O)CNCCC1=CCCCC1. The number of nitrogens with one attached hydrogen (secondary N) is 1. The van der Waals surface area contributed by atoms with E-state index in [-0.39, 0.29) is 0 Å². The molecule has 3 heteroatoms. The van der Waals surface area contributed by atoms with Gasteiger partial charge in [-0.25, -0.2) is 4.79 Å². The molecular weight excluding hydrogens is 202 g/mol. The second-order valence-corrected chi connectivity index (χ2v) is 4.36. The zero-order valence-corrected chi connectivity index (χ0v) is 9.96. The Balaban J connectivity index is 2.11. The highest BCUT2D eigenvalue weighted by Gasteiger charge is 2.02. The summed E-state index contributed by atoms with van der Waals surface area (Å²) in [5.41, 5.74) is 2.42. The maximum atomic E-state index is 10.4. The molecule has 1 aliphatic rings. The number of aliphatic carboxylic acids is 1. The van der Waals surface area contributed by atoms with Crippen molar-refractivity contribution < 1.29 is 9.90 Å². The molecule has 90 valence electrons. The second-order valence-electron chi connectivity index (χ2n) is 4.36. The van der Waals surface area contributed by atoms with Crippen molar-refractivity contribution >= 4 is 5.97 Å². The van der Waals surface area contributed by atoms with E-state index in [4.69, 9.17) is 5.11 Å². The van der Waals surface area contributed by atoms with E-state index in [0.29, 0.717) is 6.54 Å². The topological polar surface area (TPSA) is 49.3 Å². The number of rotatable bonds is 6. The highest BCUT2D eigenvalue weighted by molar-refractivity contribution is 5.80. The maximum absolute atomic E-state index is 10.4. The third-order valence-corrected chi connectivity index (χ3v) is 2.78. The summed E-state index contributed by atoms with van der Waals surface area (Å²) in [6.07, 6.45) is 9.83. The van der Waals surface area contributed by atoms with Crippen LogP contribution in [0.3, 0.4) is 0 Å². The summed E-state index contributed by atoms with van der Waals surface area (Å²) in [6, 6.07) is 0. The van der Waals surface area contributed by atoms with Gasteiger partial charge >= 0.3 is 5.97 Å². The summed E-state index contributed by atoms with van der Waals surface area (Å²) in [6.45, 7) is 3.44. The minimum Gasteiger partial charge on any atom is -0.478 e. The Morgan fingerprint density at radius 1 is 1.56 bits per heavy atom. The van der Waals surface area contributed by atoms with Crippen LogP contribution in [0.4, 0.5) is 0 Å². The van der Waals surface area contributed by atoms with Gasteiger partial charge in [0.2, 0.25) is 0 Å². The zero-order chi connectivity index (χ0) is 11.8. The van der Waals surface area contributed by atoms with Gasteiger partial charge in [0.15, 0.2) is 0 Å². The van der Waals surface area contributed by atoms with Crippen LogP contribution in [0.2, 0.25) is 0 Å². The van der Waals surface area contributed by atoms with Crippen molar-refractivity contribution in [1.29, 1.82) is 0 Å². The fourth-order valence-corrected chi connectivity index (χ4v) is 1.93. The predicted octanol–water partition coefficient (Wildman–Crippen LogP) is 2.50. The van der Waals surface area contributed by atoms with Crippen molar-refractivity contribution in [2.45, 2.75) is 39.0 Å². The second kappa shape index (κ2) is 7.23. The van der Waals surface area contributed by atoms with E-state index in [1.165, 1.54) is 31.8 Å². The fourth-order valence-electron chi connectivity index (χ4n) is 1.93. The molecule has 0 saturated carbocycles. The Hall–Kier alpha value is -1.09. The molecule has 1 rings (SSSR count). The van der Waals surface area contributed by atoms with Crippen LogP contribution in [0.5, 0.6) is 0 Å². The molecule has 0 aliphatic heterocycles. The smallest absolute Gasteiger partial charge is 0.328 e. The van der Waals surface area contributed by atoms with E-state index in [2.05, 4.69) is 11.4 Å². The van der Waals surface area contributed by atoms with E-state index in [1.807, 2.05) is 6.92 Å². The summed E-state index contributed by atoms with van der Waals surface area (Å²) in [4.78, 5) is 10.4. The molecule has 0 bridgehead atoms. The molecule has 0 aromatic carbocycles. The molecule has 2 N–H and O–H groups in total. The standard InChI is InChI=1S/C13H21NO2/c1-11(9-13(15)16)10-14-8-7-12-5-3-2-4-6-12/h5,9,14H,2-4,6-8,10H2,1H3,(H,15,16). The Morgan fingerprint density at radius 3 is 3.00 bits per heavy atom. The quantitative estimate of drug-likeness (QED) is 0.413. The van der Waals surface area contributed by atoms with Crippen LogP contribution in [0.15, 0.2) is 23.3 Å². The number of hydrogen-bond acceptors (Lipinski definition) is 2. The number of hydrogen-bond donors (Lipinski definition) is 2. The van der Waals surface area contributed by atoms with Crippen molar-refractivity contribution in [2.75, 3.05) is 13.1 Å². The van der Waals surface area contributed by atoms with E-state index < -0.39 is 5.97 Å². The molecule has 0 aromatic rings. The van der Waals surface area contributed by atoms with Crippen molar-refractivity contribution in [2.24, 2.45) is 0 Å². The lowest BCUT2D eigenvalue weighted by atomic mass is 9.97. The van der Waals surface area contributed by atoms with Gasteiger partial charge in [0, 0.05) is 12.6 Å². The Labute approximate surface area is 97.2 Å². The van der Waals surface area contributed by atoms with Gasteiger partial charge in [0.1, 0.15) is 0 Å². The van der Waals surface area contributed by atoms with Crippen molar-refractivity contribution in [1.82, 2.24) is 5.32 Å². The van der Waals surface area contributed by atoms with Crippen molar-refractivity contribution in [3.63, 3.8) is 0 Å². The van der Waals surface area contributed by atoms with Crippen LogP contribution in [0, 0.1) is 0 Å². The summed E-state index contributed by atoms with van der Waals surface area (Å²) < 4.78 is 0. The van der Waals surface area contributed by atoms with E-state index in [1.54, 1.807) is 5.57 Å². The lowest BCUT2D eigenvalue weighted by molar-refractivity contribution is -0.131. The minimum atomic E-state index is -0.866. The molecule has 0 unspecified atom stereocenters. The monoisotopic (exact) mass is 223 g/mol. The minimum absolute atomic E-state index is 0.666. The number of carboxylic acid groups (broad SMARTS) is 1. The summed E-state index contributed by atoms with van der Waals surface area (Å²) >= 11 is 0. The molecule has 3 nitrogen and oxygen atoms in total. The molecule has 0 aromatic heterocycles. The molecule has 0 amide bonds. The third kappa shape index (κ3) is 5.71. The highest BCUT2D eigenvalue weighted by atomic mass is 16.4. The first-order valence-corrected chi connectivity index (χ1v) is 5.97. The lowest BCUT2D eigenvalue weighted by Crippen LogP contribution is -2.18.